The molecule has 1 atom stereocenters. The zero-order valence-electron chi connectivity index (χ0n) is 15.6. The Morgan fingerprint density at radius 3 is 2.63 bits per heavy atom. The van der Waals surface area contributed by atoms with Gasteiger partial charge in [-0.05, 0) is 30.7 Å². The first-order valence-electron chi connectivity index (χ1n) is 8.84. The van der Waals surface area contributed by atoms with Crippen molar-refractivity contribution in [3.8, 4) is 17.0 Å². The average Bonchev–Trinajstić information content (AvgIpc) is 3.20. The molecule has 0 fully saturated rings. The highest BCUT2D eigenvalue weighted by molar-refractivity contribution is 7.95. The minimum atomic E-state index is -4.69. The van der Waals surface area contributed by atoms with Crippen LogP contribution < -0.4 is 4.18 Å². The van der Waals surface area contributed by atoms with Gasteiger partial charge in [-0.15, -0.1) is 5.10 Å². The summed E-state index contributed by atoms with van der Waals surface area (Å²) in [6.07, 6.45) is 3.36. The lowest BCUT2D eigenvalue weighted by molar-refractivity contribution is -0.0370. The molecule has 0 N–H and O–H groups in total. The summed E-state index contributed by atoms with van der Waals surface area (Å²) in [6.45, 7) is 4.12. The van der Waals surface area contributed by atoms with Crippen LogP contribution in [0.5, 0.6) is 5.88 Å². The number of rotatable bonds is 5. The Balaban J connectivity index is 1.92. The maximum atomic E-state index is 13.8. The third kappa shape index (κ3) is 3.57. The molecular weight excluding hydrogens is 429 g/mol. The zero-order valence-corrected chi connectivity index (χ0v) is 16.4. The first kappa shape index (κ1) is 20.5. The zero-order chi connectivity index (χ0) is 21.6. The number of ether oxygens (including phenoxy) is 1. The summed E-state index contributed by atoms with van der Waals surface area (Å²) in [7, 11) is 0. The maximum Gasteiger partial charge on any atom is 0.479 e. The topological polar surface area (TPSA) is 48.7 Å². The van der Waals surface area contributed by atoms with E-state index in [1.165, 1.54) is 16.8 Å². The van der Waals surface area contributed by atoms with Crippen molar-refractivity contribution in [2.45, 2.75) is 25.3 Å². The van der Waals surface area contributed by atoms with Crippen molar-refractivity contribution in [3.63, 3.8) is 0 Å². The predicted molar refractivity (Wildman–Crippen MR) is 101 cm³/mol. The highest BCUT2D eigenvalue weighted by atomic mass is 32.2. The third-order valence-corrected chi connectivity index (χ3v) is 4.90. The number of aromatic nitrogens is 3. The highest BCUT2D eigenvalue weighted by Gasteiger charge is 2.34. The van der Waals surface area contributed by atoms with Gasteiger partial charge in [-0.25, -0.2) is 18.3 Å². The van der Waals surface area contributed by atoms with Gasteiger partial charge in [-0.3, -0.25) is 0 Å². The van der Waals surface area contributed by atoms with Crippen LogP contribution in [0.25, 0.3) is 22.5 Å². The molecular formula is C19H14F5N3O2S. The SMILES string of the molecule is CCOC1=CC(C)c2c1cnc1c(-c3ccc(F)c(F)c3)c(OSC(F)(F)F)nn21. The van der Waals surface area contributed by atoms with Crippen molar-refractivity contribution in [3.05, 3.63) is 53.4 Å². The van der Waals surface area contributed by atoms with Gasteiger partial charge in [0.1, 0.15) is 5.76 Å². The number of allylic oxidation sites excluding steroid dienone is 1. The Morgan fingerprint density at radius 2 is 1.97 bits per heavy atom. The van der Waals surface area contributed by atoms with E-state index in [-0.39, 0.29) is 22.7 Å². The van der Waals surface area contributed by atoms with E-state index in [0.717, 1.165) is 12.1 Å². The second-order valence-electron chi connectivity index (χ2n) is 6.47. The van der Waals surface area contributed by atoms with E-state index in [1.54, 1.807) is 0 Å². The van der Waals surface area contributed by atoms with E-state index in [0.29, 0.717) is 23.6 Å². The largest absolute Gasteiger partial charge is 0.493 e. The van der Waals surface area contributed by atoms with Crippen LogP contribution >= 0.6 is 12.0 Å². The minimum absolute atomic E-state index is 0.0190. The lowest BCUT2D eigenvalue weighted by Crippen LogP contribution is -2.04. The summed E-state index contributed by atoms with van der Waals surface area (Å²) < 4.78 is 77.2. The van der Waals surface area contributed by atoms with Crippen molar-refractivity contribution in [2.75, 3.05) is 6.61 Å². The van der Waals surface area contributed by atoms with Gasteiger partial charge in [0.2, 0.25) is 0 Å². The van der Waals surface area contributed by atoms with Crippen LogP contribution in [0.1, 0.15) is 31.0 Å². The first-order valence-corrected chi connectivity index (χ1v) is 9.58. The molecule has 0 bridgehead atoms. The fourth-order valence-corrected chi connectivity index (χ4v) is 3.63. The van der Waals surface area contributed by atoms with Gasteiger partial charge in [0.05, 0.1) is 23.4 Å². The number of benzene rings is 1. The number of halogens is 5. The number of fused-ring (bicyclic) bond motifs is 3. The van der Waals surface area contributed by atoms with Gasteiger partial charge < -0.3 is 8.92 Å². The van der Waals surface area contributed by atoms with E-state index in [1.807, 2.05) is 19.9 Å². The normalized spacial score (nSPS) is 16.0. The molecule has 0 saturated carbocycles. The molecule has 1 aromatic carbocycles. The van der Waals surface area contributed by atoms with Gasteiger partial charge in [0.15, 0.2) is 29.3 Å². The molecule has 0 amide bonds. The maximum absolute atomic E-state index is 13.8. The number of nitrogens with zero attached hydrogens (tertiary/aromatic N) is 3. The smallest absolute Gasteiger partial charge is 0.479 e. The van der Waals surface area contributed by atoms with Crippen LogP contribution in [0.4, 0.5) is 22.0 Å². The van der Waals surface area contributed by atoms with Crippen molar-refractivity contribution < 1.29 is 30.9 Å². The quantitative estimate of drug-likeness (QED) is 0.373. The molecule has 1 aliphatic rings. The van der Waals surface area contributed by atoms with E-state index < -0.39 is 35.1 Å². The Labute approximate surface area is 171 Å². The lowest BCUT2D eigenvalue weighted by Gasteiger charge is -2.09. The fraction of sp³-hybridized carbons (Fsp3) is 0.263. The molecule has 5 nitrogen and oxygen atoms in total. The summed E-state index contributed by atoms with van der Waals surface area (Å²) in [5.74, 6) is -2.24. The van der Waals surface area contributed by atoms with Crippen LogP contribution in [0.2, 0.25) is 0 Å². The second kappa shape index (κ2) is 7.46. The molecule has 2 aromatic heterocycles. The molecule has 1 aliphatic carbocycles. The molecule has 2 heterocycles. The van der Waals surface area contributed by atoms with Crippen LogP contribution in [-0.2, 0) is 4.74 Å². The van der Waals surface area contributed by atoms with Crippen LogP contribution in [0, 0.1) is 11.6 Å². The minimum Gasteiger partial charge on any atom is -0.493 e. The van der Waals surface area contributed by atoms with Gasteiger partial charge >= 0.3 is 5.51 Å². The Hall–Kier alpha value is -2.82. The van der Waals surface area contributed by atoms with Gasteiger partial charge in [-0.2, -0.15) is 13.2 Å². The van der Waals surface area contributed by atoms with Gasteiger partial charge in [0, 0.05) is 12.1 Å². The monoisotopic (exact) mass is 443 g/mol. The molecule has 3 aromatic rings. The molecule has 30 heavy (non-hydrogen) atoms. The molecule has 0 spiro atoms. The summed E-state index contributed by atoms with van der Waals surface area (Å²) in [6, 6.07) is 2.96. The van der Waals surface area contributed by atoms with Crippen molar-refractivity contribution in [1.29, 1.82) is 0 Å². The summed E-state index contributed by atoms with van der Waals surface area (Å²) in [5, 5.41) is 4.17. The summed E-state index contributed by atoms with van der Waals surface area (Å²) in [5.41, 5.74) is -3.16. The van der Waals surface area contributed by atoms with E-state index >= 15 is 0 Å². The molecule has 0 aliphatic heterocycles. The van der Waals surface area contributed by atoms with E-state index in [2.05, 4.69) is 10.1 Å². The number of hydrogen-bond acceptors (Lipinski definition) is 5. The third-order valence-electron chi connectivity index (χ3n) is 4.47. The van der Waals surface area contributed by atoms with Crippen molar-refractivity contribution in [1.82, 2.24) is 14.6 Å². The Morgan fingerprint density at radius 1 is 1.20 bits per heavy atom. The van der Waals surface area contributed by atoms with Crippen LogP contribution in [-0.4, -0.2) is 26.7 Å². The summed E-state index contributed by atoms with van der Waals surface area (Å²) in [4.78, 5) is 4.31. The Kier molecular flexibility index (Phi) is 5.08. The lowest BCUT2D eigenvalue weighted by atomic mass is 10.1. The highest BCUT2D eigenvalue weighted by Crippen LogP contribution is 2.42. The second-order valence-corrected chi connectivity index (χ2v) is 7.26. The molecule has 1 unspecified atom stereocenters. The van der Waals surface area contributed by atoms with E-state index in [4.69, 9.17) is 8.92 Å². The van der Waals surface area contributed by atoms with Crippen molar-refractivity contribution >= 4 is 23.4 Å². The summed E-state index contributed by atoms with van der Waals surface area (Å²) >= 11 is -0.748. The standard InChI is InChI=1S/C19H14F5N3O2S/c1-3-28-14-6-9(2)16-11(14)8-25-17-15(10-4-5-12(20)13(21)7-10)18(26-27(16)17)29-30-19(22,23)24/h4-9H,3H2,1-2H3. The molecule has 11 heteroatoms. The predicted octanol–water partition coefficient (Wildman–Crippen LogP) is 5.72. The fourth-order valence-electron chi connectivity index (χ4n) is 3.34. The van der Waals surface area contributed by atoms with Gasteiger partial charge in [0.25, 0.3) is 5.88 Å². The van der Waals surface area contributed by atoms with Crippen LogP contribution in [0.3, 0.4) is 0 Å². The molecule has 158 valence electrons. The Bertz CT molecular complexity index is 1160. The molecule has 0 saturated heterocycles. The van der Waals surface area contributed by atoms with E-state index in [9.17, 15) is 22.0 Å². The average molecular weight is 443 g/mol. The van der Waals surface area contributed by atoms with Gasteiger partial charge in [-0.1, -0.05) is 13.0 Å². The van der Waals surface area contributed by atoms with Crippen LogP contribution in [0.15, 0.2) is 30.5 Å². The molecule has 4 rings (SSSR count). The number of alkyl halides is 3. The van der Waals surface area contributed by atoms with Crippen molar-refractivity contribution in [2.24, 2.45) is 0 Å². The first-order chi connectivity index (χ1) is 14.2. The molecule has 0 radical (unpaired) electrons. The number of hydrogen-bond donors (Lipinski definition) is 0.